The quantitative estimate of drug-likeness (QED) is 0.876. The van der Waals surface area contributed by atoms with Crippen molar-refractivity contribution in [2.45, 2.75) is 32.2 Å². The number of aryl methyl sites for hydroxylation is 1. The first-order valence-electron chi connectivity index (χ1n) is 5.18. The molecule has 0 aromatic heterocycles. The Hall–Kier alpha value is -0.340. The molecule has 1 fully saturated rings. The molecule has 1 nitrogen and oxygen atoms in total. The van der Waals surface area contributed by atoms with Gasteiger partial charge in [0, 0.05) is 10.5 Å². The zero-order valence-corrected chi connectivity index (χ0v) is 10.0. The fraction of sp³-hybridized carbons (Fsp3) is 0.500. The summed E-state index contributed by atoms with van der Waals surface area (Å²) in [7, 11) is 0. The van der Waals surface area contributed by atoms with Crippen LogP contribution in [0.25, 0.3) is 0 Å². The molecule has 0 saturated heterocycles. The van der Waals surface area contributed by atoms with Crippen LogP contribution in [0, 0.1) is 12.8 Å². The maximum Gasteiger partial charge on any atom is 0.0308 e. The number of hydrogen-bond acceptors (Lipinski definition) is 1. The summed E-state index contributed by atoms with van der Waals surface area (Å²) >= 11 is 3.56. The molecule has 76 valence electrons. The molecular formula is C12H16BrN. The molecule has 2 N–H and O–H groups in total. The summed E-state index contributed by atoms with van der Waals surface area (Å²) in [5, 5.41) is 0. The third-order valence-electron chi connectivity index (χ3n) is 2.84. The van der Waals surface area contributed by atoms with E-state index >= 15 is 0 Å². The Morgan fingerprint density at radius 1 is 1.50 bits per heavy atom. The zero-order chi connectivity index (χ0) is 10.1. The Bertz CT molecular complexity index is 331. The molecule has 1 atom stereocenters. The van der Waals surface area contributed by atoms with Crippen molar-refractivity contribution in [2.24, 2.45) is 11.7 Å². The lowest BCUT2D eigenvalue weighted by atomic mass is 10.0. The van der Waals surface area contributed by atoms with E-state index in [1.807, 2.05) is 0 Å². The summed E-state index contributed by atoms with van der Waals surface area (Å²) in [6.45, 7) is 2.11. The minimum atomic E-state index is 0.205. The SMILES string of the molecule is Cc1ccc(Br)c(C(N)CC2CC2)c1. The molecule has 2 heteroatoms. The monoisotopic (exact) mass is 253 g/mol. The van der Waals surface area contributed by atoms with Gasteiger partial charge in [-0.15, -0.1) is 0 Å². The smallest absolute Gasteiger partial charge is 0.0308 e. The fourth-order valence-electron chi connectivity index (χ4n) is 1.79. The van der Waals surface area contributed by atoms with Gasteiger partial charge in [0.05, 0.1) is 0 Å². The van der Waals surface area contributed by atoms with Gasteiger partial charge in [0.2, 0.25) is 0 Å². The van der Waals surface area contributed by atoms with Crippen molar-refractivity contribution < 1.29 is 0 Å². The summed E-state index contributed by atoms with van der Waals surface area (Å²) in [6, 6.07) is 6.60. The summed E-state index contributed by atoms with van der Waals surface area (Å²) in [5.74, 6) is 0.886. The molecular weight excluding hydrogens is 238 g/mol. The Kier molecular flexibility index (Phi) is 2.93. The molecule has 0 aliphatic heterocycles. The van der Waals surface area contributed by atoms with Gasteiger partial charge >= 0.3 is 0 Å². The second-order valence-corrected chi connectivity index (χ2v) is 5.16. The van der Waals surface area contributed by atoms with Crippen LogP contribution in [0.4, 0.5) is 0 Å². The van der Waals surface area contributed by atoms with Crippen molar-refractivity contribution in [2.75, 3.05) is 0 Å². The molecule has 0 heterocycles. The van der Waals surface area contributed by atoms with E-state index in [4.69, 9.17) is 5.73 Å². The van der Waals surface area contributed by atoms with Gasteiger partial charge in [-0.3, -0.25) is 0 Å². The lowest BCUT2D eigenvalue weighted by Gasteiger charge is -2.14. The van der Waals surface area contributed by atoms with Gasteiger partial charge in [-0.1, -0.05) is 46.5 Å². The van der Waals surface area contributed by atoms with E-state index in [1.165, 1.54) is 24.0 Å². The largest absolute Gasteiger partial charge is 0.324 e. The fourth-order valence-corrected chi connectivity index (χ4v) is 2.33. The van der Waals surface area contributed by atoms with Gasteiger partial charge < -0.3 is 5.73 Å². The molecule has 1 aliphatic carbocycles. The van der Waals surface area contributed by atoms with Crippen LogP contribution in [0.1, 0.15) is 36.4 Å². The lowest BCUT2D eigenvalue weighted by Crippen LogP contribution is -2.11. The molecule has 14 heavy (non-hydrogen) atoms. The minimum absolute atomic E-state index is 0.205. The molecule has 1 aliphatic rings. The topological polar surface area (TPSA) is 26.0 Å². The maximum absolute atomic E-state index is 6.18. The van der Waals surface area contributed by atoms with Crippen LogP contribution in [-0.4, -0.2) is 0 Å². The van der Waals surface area contributed by atoms with Gasteiger partial charge in [-0.25, -0.2) is 0 Å². The maximum atomic E-state index is 6.18. The normalized spacial score (nSPS) is 18.2. The van der Waals surface area contributed by atoms with Crippen LogP contribution in [-0.2, 0) is 0 Å². The number of nitrogens with two attached hydrogens (primary N) is 1. The molecule has 0 spiro atoms. The van der Waals surface area contributed by atoms with E-state index in [9.17, 15) is 0 Å². The van der Waals surface area contributed by atoms with E-state index in [0.717, 1.165) is 16.8 Å². The van der Waals surface area contributed by atoms with E-state index in [0.29, 0.717) is 0 Å². The second kappa shape index (κ2) is 4.03. The van der Waals surface area contributed by atoms with Crippen molar-refractivity contribution in [3.63, 3.8) is 0 Å². The standard InChI is InChI=1S/C12H16BrN/c1-8-2-5-11(13)10(6-8)12(14)7-9-3-4-9/h2,5-6,9,12H,3-4,7,14H2,1H3. The Morgan fingerprint density at radius 2 is 2.21 bits per heavy atom. The predicted octanol–water partition coefficient (Wildman–Crippen LogP) is 3.56. The highest BCUT2D eigenvalue weighted by Gasteiger charge is 2.25. The molecule has 2 rings (SSSR count). The summed E-state index contributed by atoms with van der Waals surface area (Å²) < 4.78 is 1.15. The first kappa shape index (κ1) is 10.2. The second-order valence-electron chi connectivity index (χ2n) is 4.31. The zero-order valence-electron chi connectivity index (χ0n) is 8.46. The van der Waals surface area contributed by atoms with Gasteiger partial charge in [0.25, 0.3) is 0 Å². The molecule has 1 aromatic carbocycles. The average Bonchev–Trinajstić information content (AvgIpc) is 2.93. The van der Waals surface area contributed by atoms with Gasteiger partial charge in [-0.05, 0) is 30.9 Å². The lowest BCUT2D eigenvalue weighted by molar-refractivity contribution is 0.595. The van der Waals surface area contributed by atoms with Crippen LogP contribution >= 0.6 is 15.9 Å². The Labute approximate surface area is 93.8 Å². The Morgan fingerprint density at radius 3 is 2.86 bits per heavy atom. The summed E-state index contributed by atoms with van der Waals surface area (Å²) in [6.07, 6.45) is 3.89. The summed E-state index contributed by atoms with van der Waals surface area (Å²) in [4.78, 5) is 0. The van der Waals surface area contributed by atoms with Gasteiger partial charge in [0.1, 0.15) is 0 Å². The van der Waals surface area contributed by atoms with Crippen molar-refractivity contribution in [3.8, 4) is 0 Å². The molecule has 0 radical (unpaired) electrons. The van der Waals surface area contributed by atoms with Crippen LogP contribution < -0.4 is 5.73 Å². The summed E-state index contributed by atoms with van der Waals surface area (Å²) in [5.41, 5.74) is 8.72. The first-order chi connectivity index (χ1) is 6.66. The molecule has 1 aromatic rings. The van der Waals surface area contributed by atoms with E-state index in [2.05, 4.69) is 41.1 Å². The number of rotatable bonds is 3. The van der Waals surface area contributed by atoms with E-state index < -0.39 is 0 Å². The van der Waals surface area contributed by atoms with Gasteiger partial charge in [0.15, 0.2) is 0 Å². The first-order valence-corrected chi connectivity index (χ1v) is 5.98. The van der Waals surface area contributed by atoms with Crippen molar-refractivity contribution in [1.29, 1.82) is 0 Å². The highest BCUT2D eigenvalue weighted by Crippen LogP contribution is 2.38. The third kappa shape index (κ3) is 2.37. The van der Waals surface area contributed by atoms with Crippen molar-refractivity contribution in [1.82, 2.24) is 0 Å². The molecule has 0 bridgehead atoms. The van der Waals surface area contributed by atoms with E-state index in [-0.39, 0.29) is 6.04 Å². The van der Waals surface area contributed by atoms with E-state index in [1.54, 1.807) is 0 Å². The van der Waals surface area contributed by atoms with Crippen LogP contribution in [0.15, 0.2) is 22.7 Å². The minimum Gasteiger partial charge on any atom is -0.324 e. The van der Waals surface area contributed by atoms with Crippen LogP contribution in [0.3, 0.4) is 0 Å². The number of benzene rings is 1. The van der Waals surface area contributed by atoms with Crippen molar-refractivity contribution >= 4 is 15.9 Å². The number of halogens is 1. The van der Waals surface area contributed by atoms with Crippen molar-refractivity contribution in [3.05, 3.63) is 33.8 Å². The average molecular weight is 254 g/mol. The molecule has 1 unspecified atom stereocenters. The highest BCUT2D eigenvalue weighted by molar-refractivity contribution is 9.10. The number of hydrogen-bond donors (Lipinski definition) is 1. The molecule has 0 amide bonds. The third-order valence-corrected chi connectivity index (χ3v) is 3.56. The van der Waals surface area contributed by atoms with Gasteiger partial charge in [-0.2, -0.15) is 0 Å². The molecule has 1 saturated carbocycles. The Balaban J connectivity index is 2.15. The predicted molar refractivity (Wildman–Crippen MR) is 63.1 cm³/mol. The highest BCUT2D eigenvalue weighted by atomic mass is 79.9. The van der Waals surface area contributed by atoms with Crippen LogP contribution in [0.5, 0.6) is 0 Å². The van der Waals surface area contributed by atoms with Crippen LogP contribution in [0.2, 0.25) is 0 Å².